The quantitative estimate of drug-likeness (QED) is 0.563. The van der Waals surface area contributed by atoms with Crippen LogP contribution in [0.15, 0.2) is 30.3 Å². The molecule has 106 valence electrons. The fraction of sp³-hybridized carbons (Fsp3) is 0.500. The van der Waals surface area contributed by atoms with E-state index < -0.39 is 0 Å². The van der Waals surface area contributed by atoms with E-state index in [1.807, 2.05) is 37.3 Å². The van der Waals surface area contributed by atoms with E-state index >= 15 is 0 Å². The van der Waals surface area contributed by atoms with Crippen LogP contribution in [-0.2, 0) is 4.74 Å². The average Bonchev–Trinajstić information content (AvgIpc) is 2.39. The van der Waals surface area contributed by atoms with Gasteiger partial charge in [-0.05, 0) is 37.7 Å². The number of hydrogen-bond donors (Lipinski definition) is 2. The summed E-state index contributed by atoms with van der Waals surface area (Å²) in [4.78, 5) is 0. The number of benzene rings is 1. The van der Waals surface area contributed by atoms with E-state index in [1.54, 1.807) is 7.11 Å². The summed E-state index contributed by atoms with van der Waals surface area (Å²) < 4.78 is 10.6. The zero-order valence-corrected chi connectivity index (χ0v) is 12.3. The molecule has 0 aliphatic carbocycles. The maximum absolute atomic E-state index is 5.58. The van der Waals surface area contributed by atoms with Crippen LogP contribution in [0.2, 0.25) is 0 Å². The monoisotopic (exact) mass is 282 g/mol. The summed E-state index contributed by atoms with van der Waals surface area (Å²) in [6.45, 7) is 4.13. The predicted molar refractivity (Wildman–Crippen MR) is 81.6 cm³/mol. The van der Waals surface area contributed by atoms with Crippen LogP contribution in [0.5, 0.6) is 5.75 Å². The Morgan fingerprint density at radius 1 is 1.32 bits per heavy atom. The molecule has 1 aromatic carbocycles. The van der Waals surface area contributed by atoms with Crippen molar-refractivity contribution < 1.29 is 9.47 Å². The highest BCUT2D eigenvalue weighted by atomic mass is 32.1. The summed E-state index contributed by atoms with van der Waals surface area (Å²) in [5.74, 6) is 0.900. The second kappa shape index (κ2) is 9.58. The third-order valence-corrected chi connectivity index (χ3v) is 2.67. The average molecular weight is 282 g/mol. The van der Waals surface area contributed by atoms with Crippen molar-refractivity contribution in [2.75, 3.05) is 26.9 Å². The Labute approximate surface area is 120 Å². The Morgan fingerprint density at radius 3 is 2.74 bits per heavy atom. The van der Waals surface area contributed by atoms with Crippen LogP contribution < -0.4 is 15.4 Å². The first-order valence-electron chi connectivity index (χ1n) is 6.43. The SMILES string of the molecule is COCC(C)NC(=S)NCCCOc1ccccc1. The van der Waals surface area contributed by atoms with Crippen LogP contribution in [0, 0.1) is 0 Å². The summed E-state index contributed by atoms with van der Waals surface area (Å²) in [6.07, 6.45) is 0.898. The van der Waals surface area contributed by atoms with Crippen molar-refractivity contribution in [3.63, 3.8) is 0 Å². The standard InChI is InChI=1S/C14H22N2O2S/c1-12(11-17-2)16-14(19)15-9-6-10-18-13-7-4-3-5-8-13/h3-5,7-8,12H,6,9-11H2,1-2H3,(H2,15,16,19). The maximum atomic E-state index is 5.58. The van der Waals surface area contributed by atoms with E-state index in [0.29, 0.717) is 18.3 Å². The third kappa shape index (κ3) is 7.64. The van der Waals surface area contributed by atoms with Crippen molar-refractivity contribution >= 4 is 17.3 Å². The van der Waals surface area contributed by atoms with Gasteiger partial charge in [0.2, 0.25) is 0 Å². The molecule has 4 nitrogen and oxygen atoms in total. The summed E-state index contributed by atoms with van der Waals surface area (Å²) in [7, 11) is 1.68. The number of hydrogen-bond acceptors (Lipinski definition) is 3. The van der Waals surface area contributed by atoms with Crippen molar-refractivity contribution in [3.8, 4) is 5.75 Å². The number of methoxy groups -OCH3 is 1. The number of rotatable bonds is 8. The van der Waals surface area contributed by atoms with Gasteiger partial charge >= 0.3 is 0 Å². The fourth-order valence-corrected chi connectivity index (χ4v) is 1.85. The molecule has 2 N–H and O–H groups in total. The van der Waals surface area contributed by atoms with Crippen LogP contribution in [0.4, 0.5) is 0 Å². The lowest BCUT2D eigenvalue weighted by Gasteiger charge is -2.16. The molecule has 5 heteroatoms. The van der Waals surface area contributed by atoms with Crippen LogP contribution in [0.3, 0.4) is 0 Å². The van der Waals surface area contributed by atoms with Gasteiger partial charge in [0.05, 0.1) is 13.2 Å². The van der Waals surface area contributed by atoms with E-state index in [-0.39, 0.29) is 6.04 Å². The molecule has 0 saturated carbocycles. The number of ether oxygens (including phenoxy) is 2. The molecule has 0 saturated heterocycles. The van der Waals surface area contributed by atoms with Gasteiger partial charge in [-0.2, -0.15) is 0 Å². The normalized spacial score (nSPS) is 11.7. The lowest BCUT2D eigenvalue weighted by Crippen LogP contribution is -2.42. The van der Waals surface area contributed by atoms with Gasteiger partial charge < -0.3 is 20.1 Å². The molecule has 0 amide bonds. The van der Waals surface area contributed by atoms with Crippen molar-refractivity contribution in [2.45, 2.75) is 19.4 Å². The first-order valence-corrected chi connectivity index (χ1v) is 6.84. The summed E-state index contributed by atoms with van der Waals surface area (Å²) in [5, 5.41) is 6.94. The van der Waals surface area contributed by atoms with Crippen LogP contribution in [-0.4, -0.2) is 38.0 Å². The van der Waals surface area contributed by atoms with Crippen LogP contribution >= 0.6 is 12.2 Å². The summed E-state index contributed by atoms with van der Waals surface area (Å²) >= 11 is 5.17. The van der Waals surface area contributed by atoms with E-state index in [0.717, 1.165) is 18.7 Å². The molecule has 0 radical (unpaired) electrons. The van der Waals surface area contributed by atoms with Crippen molar-refractivity contribution in [3.05, 3.63) is 30.3 Å². The molecule has 1 atom stereocenters. The molecule has 19 heavy (non-hydrogen) atoms. The minimum absolute atomic E-state index is 0.213. The van der Waals surface area contributed by atoms with Crippen LogP contribution in [0.1, 0.15) is 13.3 Å². The van der Waals surface area contributed by atoms with E-state index in [4.69, 9.17) is 21.7 Å². The number of para-hydroxylation sites is 1. The van der Waals surface area contributed by atoms with Gasteiger partial charge in [0.1, 0.15) is 5.75 Å². The predicted octanol–water partition coefficient (Wildman–Crippen LogP) is 1.95. The van der Waals surface area contributed by atoms with Crippen molar-refractivity contribution in [1.82, 2.24) is 10.6 Å². The first-order chi connectivity index (χ1) is 9.22. The number of thiocarbonyl (C=S) groups is 1. The molecular weight excluding hydrogens is 260 g/mol. The fourth-order valence-electron chi connectivity index (χ4n) is 1.55. The minimum atomic E-state index is 0.213. The molecule has 1 rings (SSSR count). The van der Waals surface area contributed by atoms with Gasteiger partial charge in [-0.1, -0.05) is 18.2 Å². The second-order valence-electron chi connectivity index (χ2n) is 4.27. The lowest BCUT2D eigenvalue weighted by molar-refractivity contribution is 0.179. The van der Waals surface area contributed by atoms with E-state index in [2.05, 4.69) is 10.6 Å². The van der Waals surface area contributed by atoms with Gasteiger partial charge in [0.25, 0.3) is 0 Å². The Morgan fingerprint density at radius 2 is 2.05 bits per heavy atom. The molecule has 0 aliphatic rings. The van der Waals surface area contributed by atoms with Gasteiger partial charge in [0.15, 0.2) is 5.11 Å². The smallest absolute Gasteiger partial charge is 0.166 e. The van der Waals surface area contributed by atoms with Crippen molar-refractivity contribution in [2.24, 2.45) is 0 Å². The topological polar surface area (TPSA) is 42.5 Å². The highest BCUT2D eigenvalue weighted by Crippen LogP contribution is 2.07. The largest absolute Gasteiger partial charge is 0.494 e. The van der Waals surface area contributed by atoms with Gasteiger partial charge in [-0.15, -0.1) is 0 Å². The molecule has 1 unspecified atom stereocenters. The molecule has 1 aromatic rings. The van der Waals surface area contributed by atoms with Gasteiger partial charge in [0, 0.05) is 19.7 Å². The lowest BCUT2D eigenvalue weighted by atomic mass is 10.3. The molecule has 0 spiro atoms. The molecule has 0 heterocycles. The molecule has 0 bridgehead atoms. The zero-order chi connectivity index (χ0) is 13.9. The molecule has 0 fully saturated rings. The Balaban J connectivity index is 2.03. The highest BCUT2D eigenvalue weighted by molar-refractivity contribution is 7.80. The third-order valence-electron chi connectivity index (χ3n) is 2.41. The minimum Gasteiger partial charge on any atom is -0.494 e. The first kappa shape index (κ1) is 15.7. The van der Waals surface area contributed by atoms with Gasteiger partial charge in [-0.3, -0.25) is 0 Å². The molecule has 0 aromatic heterocycles. The molecule has 0 aliphatic heterocycles. The van der Waals surface area contributed by atoms with Gasteiger partial charge in [-0.25, -0.2) is 0 Å². The Hall–Kier alpha value is -1.33. The zero-order valence-electron chi connectivity index (χ0n) is 11.5. The maximum Gasteiger partial charge on any atom is 0.166 e. The van der Waals surface area contributed by atoms with E-state index in [1.165, 1.54) is 0 Å². The van der Waals surface area contributed by atoms with E-state index in [9.17, 15) is 0 Å². The summed E-state index contributed by atoms with van der Waals surface area (Å²) in [6, 6.07) is 10.0. The van der Waals surface area contributed by atoms with Crippen molar-refractivity contribution in [1.29, 1.82) is 0 Å². The Kier molecular flexibility index (Phi) is 7.93. The van der Waals surface area contributed by atoms with Crippen LogP contribution in [0.25, 0.3) is 0 Å². The molecular formula is C14H22N2O2S. The second-order valence-corrected chi connectivity index (χ2v) is 4.68. The highest BCUT2D eigenvalue weighted by Gasteiger charge is 2.02. The Bertz CT molecular complexity index is 360. The summed E-state index contributed by atoms with van der Waals surface area (Å²) in [5.41, 5.74) is 0. The number of nitrogens with one attached hydrogen (secondary N) is 2.